The van der Waals surface area contributed by atoms with Gasteiger partial charge in [0.1, 0.15) is 0 Å². The third-order valence-electron chi connectivity index (χ3n) is 3.08. The molecule has 1 unspecified atom stereocenters. The summed E-state index contributed by atoms with van der Waals surface area (Å²) < 4.78 is 5.12. The minimum absolute atomic E-state index is 0.583. The lowest BCUT2D eigenvalue weighted by molar-refractivity contribution is 0.181. The lowest BCUT2D eigenvalue weighted by Crippen LogP contribution is -2.36. The smallest absolute Gasteiger partial charge is 0.0477 e. The minimum atomic E-state index is 0.583. The van der Waals surface area contributed by atoms with Crippen LogP contribution in [-0.2, 0) is 17.7 Å². The number of ether oxygens (including phenoxy) is 1. The van der Waals surface area contributed by atoms with E-state index in [4.69, 9.17) is 4.74 Å². The first-order chi connectivity index (χ1) is 7.29. The molecule has 0 saturated heterocycles. The summed E-state index contributed by atoms with van der Waals surface area (Å²) in [5, 5.41) is 3.55. The summed E-state index contributed by atoms with van der Waals surface area (Å²) in [6, 6.07) is 7.33. The van der Waals surface area contributed by atoms with Crippen LogP contribution in [0, 0.1) is 6.92 Å². The normalized spacial score (nSPS) is 20.0. The van der Waals surface area contributed by atoms with Gasteiger partial charge in [-0.2, -0.15) is 0 Å². The van der Waals surface area contributed by atoms with Crippen LogP contribution in [0.1, 0.15) is 23.1 Å². The molecule has 1 aliphatic heterocycles. The van der Waals surface area contributed by atoms with Crippen LogP contribution in [0.25, 0.3) is 0 Å². The maximum atomic E-state index is 5.12. The molecular formula is C13H19NO. The molecule has 1 atom stereocenters. The number of fused-ring (bicyclic) bond motifs is 1. The fourth-order valence-corrected chi connectivity index (χ4v) is 2.17. The SMILES string of the molecule is COCCC1Cc2cc(C)ccc2CN1. The summed E-state index contributed by atoms with van der Waals surface area (Å²) in [4.78, 5) is 0. The van der Waals surface area contributed by atoms with Crippen molar-refractivity contribution in [3.8, 4) is 0 Å². The number of hydrogen-bond donors (Lipinski definition) is 1. The number of hydrogen-bond acceptors (Lipinski definition) is 2. The molecule has 0 amide bonds. The molecule has 0 radical (unpaired) electrons. The molecule has 0 spiro atoms. The minimum Gasteiger partial charge on any atom is -0.385 e. The first-order valence-corrected chi connectivity index (χ1v) is 5.60. The molecule has 0 fully saturated rings. The highest BCUT2D eigenvalue weighted by molar-refractivity contribution is 5.33. The Bertz CT molecular complexity index is 335. The molecule has 2 rings (SSSR count). The van der Waals surface area contributed by atoms with E-state index in [0.29, 0.717) is 6.04 Å². The van der Waals surface area contributed by atoms with Crippen molar-refractivity contribution in [3.05, 3.63) is 34.9 Å². The number of nitrogens with one attached hydrogen (secondary N) is 1. The standard InChI is InChI=1S/C13H19NO/c1-10-3-4-11-9-14-13(5-6-15-2)8-12(11)7-10/h3-4,7,13-14H,5-6,8-9H2,1-2H3. The zero-order chi connectivity index (χ0) is 10.7. The van der Waals surface area contributed by atoms with Crippen LogP contribution in [0.4, 0.5) is 0 Å². The van der Waals surface area contributed by atoms with Crippen molar-refractivity contribution >= 4 is 0 Å². The number of methoxy groups -OCH3 is 1. The Morgan fingerprint density at radius 1 is 1.40 bits per heavy atom. The van der Waals surface area contributed by atoms with Crippen LogP contribution in [0.3, 0.4) is 0 Å². The summed E-state index contributed by atoms with van der Waals surface area (Å²) in [6.45, 7) is 4.01. The molecule has 15 heavy (non-hydrogen) atoms. The fraction of sp³-hybridized carbons (Fsp3) is 0.538. The molecular weight excluding hydrogens is 186 g/mol. The van der Waals surface area contributed by atoms with Crippen LogP contribution < -0.4 is 5.32 Å². The highest BCUT2D eigenvalue weighted by atomic mass is 16.5. The lowest BCUT2D eigenvalue weighted by atomic mass is 9.93. The van der Waals surface area contributed by atoms with E-state index in [-0.39, 0.29) is 0 Å². The van der Waals surface area contributed by atoms with Crippen molar-refractivity contribution in [2.75, 3.05) is 13.7 Å². The highest BCUT2D eigenvalue weighted by Crippen LogP contribution is 2.19. The van der Waals surface area contributed by atoms with Gasteiger partial charge in [0, 0.05) is 26.3 Å². The largest absolute Gasteiger partial charge is 0.385 e. The number of benzene rings is 1. The van der Waals surface area contributed by atoms with E-state index in [1.54, 1.807) is 7.11 Å². The summed E-state index contributed by atoms with van der Waals surface area (Å²) >= 11 is 0. The molecule has 0 saturated carbocycles. The first kappa shape index (κ1) is 10.7. The Labute approximate surface area is 91.6 Å². The summed E-state index contributed by atoms with van der Waals surface area (Å²) in [5.74, 6) is 0. The van der Waals surface area contributed by atoms with Gasteiger partial charge in [-0.3, -0.25) is 0 Å². The van der Waals surface area contributed by atoms with Crippen LogP contribution in [-0.4, -0.2) is 19.8 Å². The summed E-state index contributed by atoms with van der Waals surface area (Å²) in [5.41, 5.74) is 4.32. The molecule has 1 heterocycles. The predicted molar refractivity (Wildman–Crippen MR) is 62.0 cm³/mol. The fourth-order valence-electron chi connectivity index (χ4n) is 2.17. The Morgan fingerprint density at radius 3 is 3.07 bits per heavy atom. The predicted octanol–water partition coefficient (Wildman–Crippen LogP) is 2.05. The Balaban J connectivity index is 2.05. The molecule has 0 bridgehead atoms. The van der Waals surface area contributed by atoms with Crippen molar-refractivity contribution in [2.24, 2.45) is 0 Å². The van der Waals surface area contributed by atoms with Crippen LogP contribution in [0.2, 0.25) is 0 Å². The van der Waals surface area contributed by atoms with Crippen molar-refractivity contribution in [1.82, 2.24) is 5.32 Å². The topological polar surface area (TPSA) is 21.3 Å². The Morgan fingerprint density at radius 2 is 2.27 bits per heavy atom. The van der Waals surface area contributed by atoms with Crippen molar-refractivity contribution in [1.29, 1.82) is 0 Å². The molecule has 2 heteroatoms. The zero-order valence-corrected chi connectivity index (χ0v) is 9.55. The molecule has 1 aromatic carbocycles. The Hall–Kier alpha value is -0.860. The molecule has 82 valence electrons. The maximum Gasteiger partial charge on any atom is 0.0477 e. The summed E-state index contributed by atoms with van der Waals surface area (Å²) in [6.07, 6.45) is 2.24. The second-order valence-electron chi connectivity index (χ2n) is 4.34. The van der Waals surface area contributed by atoms with Gasteiger partial charge in [0.15, 0.2) is 0 Å². The van der Waals surface area contributed by atoms with Crippen LogP contribution >= 0.6 is 0 Å². The van der Waals surface area contributed by atoms with Gasteiger partial charge in [-0.1, -0.05) is 23.8 Å². The van der Waals surface area contributed by atoms with Crippen LogP contribution in [0.5, 0.6) is 0 Å². The zero-order valence-electron chi connectivity index (χ0n) is 9.55. The lowest BCUT2D eigenvalue weighted by Gasteiger charge is -2.26. The first-order valence-electron chi connectivity index (χ1n) is 5.60. The van der Waals surface area contributed by atoms with Gasteiger partial charge in [-0.15, -0.1) is 0 Å². The van der Waals surface area contributed by atoms with E-state index >= 15 is 0 Å². The number of rotatable bonds is 3. The number of aryl methyl sites for hydroxylation is 1. The maximum absolute atomic E-state index is 5.12. The van der Waals surface area contributed by atoms with Gasteiger partial charge in [-0.05, 0) is 30.9 Å². The van der Waals surface area contributed by atoms with Gasteiger partial charge < -0.3 is 10.1 Å². The van der Waals surface area contributed by atoms with Gasteiger partial charge in [0.25, 0.3) is 0 Å². The van der Waals surface area contributed by atoms with E-state index in [9.17, 15) is 0 Å². The van der Waals surface area contributed by atoms with Crippen LogP contribution in [0.15, 0.2) is 18.2 Å². The van der Waals surface area contributed by atoms with E-state index in [1.165, 1.54) is 16.7 Å². The molecule has 0 aliphatic carbocycles. The third kappa shape index (κ3) is 2.58. The molecule has 0 aromatic heterocycles. The van der Waals surface area contributed by atoms with Gasteiger partial charge in [-0.25, -0.2) is 0 Å². The second-order valence-corrected chi connectivity index (χ2v) is 4.34. The highest BCUT2D eigenvalue weighted by Gasteiger charge is 2.17. The second kappa shape index (κ2) is 4.77. The molecule has 2 nitrogen and oxygen atoms in total. The van der Waals surface area contributed by atoms with Crippen molar-refractivity contribution in [2.45, 2.75) is 32.4 Å². The average Bonchev–Trinajstić information content (AvgIpc) is 2.25. The summed E-state index contributed by atoms with van der Waals surface area (Å²) in [7, 11) is 1.76. The van der Waals surface area contributed by atoms with Gasteiger partial charge in [0.2, 0.25) is 0 Å². The Kier molecular flexibility index (Phi) is 3.39. The monoisotopic (exact) mass is 205 g/mol. The molecule has 1 aliphatic rings. The van der Waals surface area contributed by atoms with E-state index in [0.717, 1.165) is 26.0 Å². The van der Waals surface area contributed by atoms with E-state index < -0.39 is 0 Å². The van der Waals surface area contributed by atoms with E-state index in [2.05, 4.69) is 30.4 Å². The van der Waals surface area contributed by atoms with Gasteiger partial charge in [0.05, 0.1) is 0 Å². The van der Waals surface area contributed by atoms with Crippen molar-refractivity contribution in [3.63, 3.8) is 0 Å². The average molecular weight is 205 g/mol. The molecule has 1 aromatic rings. The van der Waals surface area contributed by atoms with Crippen molar-refractivity contribution < 1.29 is 4.74 Å². The van der Waals surface area contributed by atoms with E-state index in [1.807, 2.05) is 0 Å². The molecule has 1 N–H and O–H groups in total. The quantitative estimate of drug-likeness (QED) is 0.815. The van der Waals surface area contributed by atoms with Gasteiger partial charge >= 0.3 is 0 Å². The third-order valence-corrected chi connectivity index (χ3v) is 3.08.